The summed E-state index contributed by atoms with van der Waals surface area (Å²) in [5.74, 6) is 3.35. The van der Waals surface area contributed by atoms with Crippen molar-refractivity contribution in [2.45, 2.75) is 19.1 Å². The Balaban J connectivity index is 1.85. The summed E-state index contributed by atoms with van der Waals surface area (Å²) >= 11 is 3.89. The minimum Gasteiger partial charge on any atom is -0.336 e. The Bertz CT molecular complexity index is 734. The highest BCUT2D eigenvalue weighted by Gasteiger charge is 2.16. The molecular formula is C14H13N3S2. The minimum absolute atomic E-state index is 0.816. The molecule has 0 saturated carbocycles. The third kappa shape index (κ3) is 1.88. The summed E-state index contributed by atoms with van der Waals surface area (Å²) in [7, 11) is 0. The molecule has 0 bridgehead atoms. The third-order valence-electron chi connectivity index (χ3n) is 3.46. The van der Waals surface area contributed by atoms with Gasteiger partial charge in [0.05, 0.1) is 10.4 Å². The summed E-state index contributed by atoms with van der Waals surface area (Å²) in [6.07, 6.45) is 3.01. The lowest BCUT2D eigenvalue weighted by molar-refractivity contribution is 1.13. The number of aromatic nitrogens is 3. The first-order chi connectivity index (χ1) is 9.31. The van der Waals surface area contributed by atoms with Gasteiger partial charge in [-0.1, -0.05) is 0 Å². The molecule has 0 radical (unpaired) electrons. The highest BCUT2D eigenvalue weighted by Crippen LogP contribution is 2.36. The molecule has 19 heavy (non-hydrogen) atoms. The number of thiophene rings is 1. The molecule has 5 heteroatoms. The van der Waals surface area contributed by atoms with E-state index in [0.717, 1.165) is 22.7 Å². The van der Waals surface area contributed by atoms with Crippen molar-refractivity contribution in [2.24, 2.45) is 0 Å². The Labute approximate surface area is 119 Å². The molecule has 4 rings (SSSR count). The van der Waals surface area contributed by atoms with Gasteiger partial charge in [-0.15, -0.1) is 11.3 Å². The molecule has 1 aliphatic rings. The number of fused-ring (bicyclic) bond motifs is 2. The largest absolute Gasteiger partial charge is 0.336 e. The molecule has 0 amide bonds. The monoisotopic (exact) mass is 287 g/mol. The molecule has 96 valence electrons. The SMILES string of the molecule is Cc1ccnc2nc(-c3cc4c(s3)CCSC4)[nH]c12. The highest BCUT2D eigenvalue weighted by atomic mass is 32.2. The first kappa shape index (κ1) is 11.5. The van der Waals surface area contributed by atoms with Crippen molar-refractivity contribution in [3.8, 4) is 10.7 Å². The number of imidazole rings is 1. The van der Waals surface area contributed by atoms with Crippen molar-refractivity contribution in [1.82, 2.24) is 15.0 Å². The zero-order chi connectivity index (χ0) is 12.8. The standard InChI is InChI=1S/C14H13N3S2/c1-8-2-4-15-14-12(8)16-13(17-14)11-6-9-7-18-5-3-10(9)19-11/h2,4,6H,3,5,7H2,1H3,(H,15,16,17). The number of aromatic amines is 1. The van der Waals surface area contributed by atoms with Crippen LogP contribution in [0, 0.1) is 6.92 Å². The minimum atomic E-state index is 0.816. The van der Waals surface area contributed by atoms with E-state index in [1.54, 1.807) is 0 Å². The third-order valence-corrected chi connectivity index (χ3v) is 5.71. The summed E-state index contributed by atoms with van der Waals surface area (Å²) in [4.78, 5) is 15.1. The van der Waals surface area contributed by atoms with Crippen molar-refractivity contribution in [2.75, 3.05) is 5.75 Å². The Morgan fingerprint density at radius 1 is 1.37 bits per heavy atom. The normalized spacial score (nSPS) is 14.8. The first-order valence-corrected chi connectivity index (χ1v) is 8.29. The quantitative estimate of drug-likeness (QED) is 0.740. The van der Waals surface area contributed by atoms with E-state index in [-0.39, 0.29) is 0 Å². The van der Waals surface area contributed by atoms with Crippen LogP contribution < -0.4 is 0 Å². The summed E-state index contributed by atoms with van der Waals surface area (Å²) in [5.41, 5.74) is 4.55. The van der Waals surface area contributed by atoms with E-state index in [9.17, 15) is 0 Å². The van der Waals surface area contributed by atoms with Crippen molar-refractivity contribution in [1.29, 1.82) is 0 Å². The lowest BCUT2D eigenvalue weighted by atomic mass is 10.2. The van der Waals surface area contributed by atoms with Crippen molar-refractivity contribution < 1.29 is 0 Å². The van der Waals surface area contributed by atoms with Gasteiger partial charge < -0.3 is 4.98 Å². The van der Waals surface area contributed by atoms with Crippen LogP contribution in [0.2, 0.25) is 0 Å². The Morgan fingerprint density at radius 3 is 3.16 bits per heavy atom. The van der Waals surface area contributed by atoms with Crippen LogP contribution in [0.5, 0.6) is 0 Å². The molecule has 3 aromatic heterocycles. The van der Waals surface area contributed by atoms with E-state index in [1.807, 2.05) is 35.4 Å². The zero-order valence-corrected chi connectivity index (χ0v) is 12.2. The van der Waals surface area contributed by atoms with Crippen LogP contribution in [0.15, 0.2) is 18.3 Å². The fourth-order valence-electron chi connectivity index (χ4n) is 2.42. The summed E-state index contributed by atoms with van der Waals surface area (Å²) in [6, 6.07) is 4.31. The molecule has 4 heterocycles. The number of aryl methyl sites for hydroxylation is 2. The molecule has 0 aromatic carbocycles. The van der Waals surface area contributed by atoms with E-state index in [4.69, 9.17) is 0 Å². The number of thioether (sulfide) groups is 1. The molecule has 1 N–H and O–H groups in total. The number of hydrogen-bond donors (Lipinski definition) is 1. The van der Waals surface area contributed by atoms with Crippen LogP contribution in [0.1, 0.15) is 16.0 Å². The predicted octanol–water partition coefficient (Wildman–Crippen LogP) is 3.78. The van der Waals surface area contributed by atoms with Gasteiger partial charge in [0.15, 0.2) is 11.5 Å². The number of hydrogen-bond acceptors (Lipinski definition) is 4. The molecule has 0 atom stereocenters. The van der Waals surface area contributed by atoms with Crippen LogP contribution >= 0.6 is 23.1 Å². The van der Waals surface area contributed by atoms with E-state index in [0.29, 0.717) is 0 Å². The summed E-state index contributed by atoms with van der Waals surface area (Å²) in [5, 5.41) is 0. The molecule has 0 fully saturated rings. The second-order valence-electron chi connectivity index (χ2n) is 4.77. The molecule has 0 spiro atoms. The Kier molecular flexibility index (Phi) is 2.63. The fourth-order valence-corrected chi connectivity index (χ4v) is 4.73. The number of H-pyrrole nitrogens is 1. The van der Waals surface area contributed by atoms with Crippen LogP contribution in [-0.4, -0.2) is 20.7 Å². The van der Waals surface area contributed by atoms with E-state index >= 15 is 0 Å². The van der Waals surface area contributed by atoms with Gasteiger partial charge in [0.25, 0.3) is 0 Å². The maximum Gasteiger partial charge on any atom is 0.178 e. The summed E-state index contributed by atoms with van der Waals surface area (Å²) < 4.78 is 0. The number of nitrogens with zero attached hydrogens (tertiary/aromatic N) is 2. The lowest BCUT2D eigenvalue weighted by Crippen LogP contribution is -1.96. The van der Waals surface area contributed by atoms with Gasteiger partial charge in [0, 0.05) is 16.8 Å². The van der Waals surface area contributed by atoms with Gasteiger partial charge in [-0.3, -0.25) is 0 Å². The van der Waals surface area contributed by atoms with Crippen molar-refractivity contribution in [3.05, 3.63) is 34.3 Å². The summed E-state index contributed by atoms with van der Waals surface area (Å²) in [6.45, 7) is 2.09. The molecule has 0 aliphatic carbocycles. The van der Waals surface area contributed by atoms with Crippen molar-refractivity contribution in [3.63, 3.8) is 0 Å². The molecule has 3 nitrogen and oxygen atoms in total. The van der Waals surface area contributed by atoms with E-state index in [1.165, 1.54) is 33.1 Å². The van der Waals surface area contributed by atoms with Gasteiger partial charge in [-0.25, -0.2) is 9.97 Å². The van der Waals surface area contributed by atoms with E-state index < -0.39 is 0 Å². The zero-order valence-electron chi connectivity index (χ0n) is 10.6. The van der Waals surface area contributed by atoms with Gasteiger partial charge in [-0.05, 0) is 42.4 Å². The van der Waals surface area contributed by atoms with Crippen LogP contribution in [-0.2, 0) is 12.2 Å². The molecule has 1 aliphatic heterocycles. The topological polar surface area (TPSA) is 41.6 Å². The number of pyridine rings is 1. The average Bonchev–Trinajstić information content (AvgIpc) is 3.02. The van der Waals surface area contributed by atoms with Gasteiger partial charge >= 0.3 is 0 Å². The number of nitrogens with one attached hydrogen (secondary N) is 1. The Hall–Kier alpha value is -1.33. The van der Waals surface area contributed by atoms with Crippen LogP contribution in [0.4, 0.5) is 0 Å². The second-order valence-corrected chi connectivity index (χ2v) is 7.02. The van der Waals surface area contributed by atoms with Gasteiger partial charge in [0.1, 0.15) is 0 Å². The van der Waals surface area contributed by atoms with Crippen LogP contribution in [0.25, 0.3) is 21.9 Å². The highest BCUT2D eigenvalue weighted by molar-refractivity contribution is 7.98. The maximum absolute atomic E-state index is 4.62. The Morgan fingerprint density at radius 2 is 2.32 bits per heavy atom. The smallest absolute Gasteiger partial charge is 0.178 e. The fraction of sp³-hybridized carbons (Fsp3) is 0.286. The molecule has 0 unspecified atom stereocenters. The molecule has 3 aromatic rings. The second kappa shape index (κ2) is 4.35. The van der Waals surface area contributed by atoms with Gasteiger partial charge in [-0.2, -0.15) is 11.8 Å². The molecular weight excluding hydrogens is 274 g/mol. The van der Waals surface area contributed by atoms with Crippen LogP contribution in [0.3, 0.4) is 0 Å². The number of rotatable bonds is 1. The predicted molar refractivity (Wildman–Crippen MR) is 81.8 cm³/mol. The average molecular weight is 287 g/mol. The van der Waals surface area contributed by atoms with Gasteiger partial charge in [0.2, 0.25) is 0 Å². The lowest BCUT2D eigenvalue weighted by Gasteiger charge is -2.08. The van der Waals surface area contributed by atoms with E-state index in [2.05, 4.69) is 27.9 Å². The molecule has 0 saturated heterocycles. The van der Waals surface area contributed by atoms with Crippen molar-refractivity contribution >= 4 is 34.3 Å². The first-order valence-electron chi connectivity index (χ1n) is 6.32. The maximum atomic E-state index is 4.62.